The average molecular weight is 278 g/mol. The topological polar surface area (TPSA) is 50.3 Å². The molecular weight excluding hydrogens is 252 g/mol. The molecule has 112 valence electrons. The lowest BCUT2D eigenvalue weighted by Crippen LogP contribution is -2.21. The molecule has 0 unspecified atom stereocenters. The largest absolute Gasteiger partial charge is 0.379 e. The van der Waals surface area contributed by atoms with Gasteiger partial charge in [-0.25, -0.2) is 9.97 Å². The van der Waals surface area contributed by atoms with Gasteiger partial charge in [-0.15, -0.1) is 0 Å². The summed E-state index contributed by atoms with van der Waals surface area (Å²) in [6.07, 6.45) is 7.72. The molecule has 1 aliphatic heterocycles. The van der Waals surface area contributed by atoms with Crippen LogP contribution in [0.15, 0.2) is 12.4 Å². The molecule has 1 N–H and O–H groups in total. The standard InChI is InChI=1S/C15H26N4O/c1-13(2)20-9-5-6-16-10-14-11-17-15(18-12-14)19-7-3-4-8-19/h11-13,16H,3-10H2,1-2H3. The van der Waals surface area contributed by atoms with E-state index in [0.717, 1.165) is 50.7 Å². The second-order valence-corrected chi connectivity index (χ2v) is 5.54. The van der Waals surface area contributed by atoms with E-state index in [1.165, 1.54) is 12.8 Å². The van der Waals surface area contributed by atoms with E-state index in [9.17, 15) is 0 Å². The smallest absolute Gasteiger partial charge is 0.225 e. The Bertz CT molecular complexity index is 374. The summed E-state index contributed by atoms with van der Waals surface area (Å²) in [6, 6.07) is 0. The van der Waals surface area contributed by atoms with E-state index in [1.54, 1.807) is 0 Å². The Balaban J connectivity index is 1.63. The molecule has 0 radical (unpaired) electrons. The van der Waals surface area contributed by atoms with Gasteiger partial charge in [0.1, 0.15) is 0 Å². The predicted octanol–water partition coefficient (Wildman–Crippen LogP) is 1.98. The van der Waals surface area contributed by atoms with Gasteiger partial charge < -0.3 is 15.0 Å². The molecule has 1 aromatic heterocycles. The summed E-state index contributed by atoms with van der Waals surface area (Å²) in [7, 11) is 0. The molecule has 5 heteroatoms. The fraction of sp³-hybridized carbons (Fsp3) is 0.733. The molecule has 2 rings (SSSR count). The molecule has 0 aromatic carbocycles. The molecule has 0 bridgehead atoms. The Hall–Kier alpha value is -1.20. The van der Waals surface area contributed by atoms with E-state index in [0.29, 0.717) is 6.10 Å². The maximum absolute atomic E-state index is 5.50. The number of anilines is 1. The van der Waals surface area contributed by atoms with Crippen LogP contribution in [0.4, 0.5) is 5.95 Å². The lowest BCUT2D eigenvalue weighted by atomic mass is 10.3. The minimum Gasteiger partial charge on any atom is -0.379 e. The molecule has 1 aliphatic rings. The van der Waals surface area contributed by atoms with Crippen molar-refractivity contribution in [3.05, 3.63) is 18.0 Å². The van der Waals surface area contributed by atoms with Crippen molar-refractivity contribution in [2.75, 3.05) is 31.1 Å². The highest BCUT2D eigenvalue weighted by Crippen LogP contribution is 2.14. The Labute approximate surface area is 121 Å². The van der Waals surface area contributed by atoms with Crippen LogP contribution in [0, 0.1) is 0 Å². The van der Waals surface area contributed by atoms with Crippen LogP contribution in [0.5, 0.6) is 0 Å². The fourth-order valence-corrected chi connectivity index (χ4v) is 2.27. The van der Waals surface area contributed by atoms with Gasteiger partial charge in [-0.1, -0.05) is 0 Å². The zero-order chi connectivity index (χ0) is 14.2. The lowest BCUT2D eigenvalue weighted by Gasteiger charge is -2.14. The average Bonchev–Trinajstić information content (AvgIpc) is 2.97. The quantitative estimate of drug-likeness (QED) is 0.737. The first-order chi connectivity index (χ1) is 9.75. The van der Waals surface area contributed by atoms with Gasteiger partial charge in [-0.2, -0.15) is 0 Å². The van der Waals surface area contributed by atoms with Crippen molar-refractivity contribution in [3.63, 3.8) is 0 Å². The van der Waals surface area contributed by atoms with Gasteiger partial charge in [-0.05, 0) is 39.7 Å². The van der Waals surface area contributed by atoms with E-state index in [1.807, 2.05) is 12.4 Å². The molecule has 2 heterocycles. The molecule has 1 fully saturated rings. The zero-order valence-corrected chi connectivity index (χ0v) is 12.6. The summed E-state index contributed by atoms with van der Waals surface area (Å²) in [5.41, 5.74) is 1.14. The molecule has 20 heavy (non-hydrogen) atoms. The zero-order valence-electron chi connectivity index (χ0n) is 12.6. The first-order valence-corrected chi connectivity index (χ1v) is 7.64. The van der Waals surface area contributed by atoms with E-state index < -0.39 is 0 Å². The summed E-state index contributed by atoms with van der Waals surface area (Å²) >= 11 is 0. The van der Waals surface area contributed by atoms with Crippen molar-refractivity contribution < 1.29 is 4.74 Å². The summed E-state index contributed by atoms with van der Waals surface area (Å²) < 4.78 is 5.50. The Morgan fingerprint density at radius 3 is 2.60 bits per heavy atom. The van der Waals surface area contributed by atoms with Gasteiger partial charge in [0.25, 0.3) is 0 Å². The first kappa shape index (κ1) is 15.2. The van der Waals surface area contributed by atoms with Crippen molar-refractivity contribution in [1.82, 2.24) is 15.3 Å². The van der Waals surface area contributed by atoms with Crippen LogP contribution in [-0.2, 0) is 11.3 Å². The highest BCUT2D eigenvalue weighted by molar-refractivity contribution is 5.30. The number of hydrogen-bond acceptors (Lipinski definition) is 5. The van der Waals surface area contributed by atoms with Crippen LogP contribution in [0.1, 0.15) is 38.7 Å². The summed E-state index contributed by atoms with van der Waals surface area (Å²) in [6.45, 7) is 8.90. The molecular formula is C15H26N4O. The van der Waals surface area contributed by atoms with E-state index in [2.05, 4.69) is 34.0 Å². The monoisotopic (exact) mass is 278 g/mol. The summed E-state index contributed by atoms with van der Waals surface area (Å²) in [5, 5.41) is 3.39. The third-order valence-electron chi connectivity index (χ3n) is 3.36. The number of ether oxygens (including phenoxy) is 1. The van der Waals surface area contributed by atoms with Crippen molar-refractivity contribution >= 4 is 5.95 Å². The third kappa shape index (κ3) is 5.06. The molecule has 1 saturated heterocycles. The minimum absolute atomic E-state index is 0.321. The maximum atomic E-state index is 5.50. The van der Waals surface area contributed by atoms with E-state index in [4.69, 9.17) is 4.74 Å². The van der Waals surface area contributed by atoms with Gasteiger partial charge in [0.05, 0.1) is 6.10 Å². The first-order valence-electron chi connectivity index (χ1n) is 7.64. The highest BCUT2D eigenvalue weighted by atomic mass is 16.5. The number of nitrogens with zero attached hydrogens (tertiary/aromatic N) is 3. The van der Waals surface area contributed by atoms with Crippen molar-refractivity contribution in [3.8, 4) is 0 Å². The highest BCUT2D eigenvalue weighted by Gasteiger charge is 2.14. The fourth-order valence-electron chi connectivity index (χ4n) is 2.27. The molecule has 1 aromatic rings. The molecule has 0 amide bonds. The Morgan fingerprint density at radius 2 is 1.95 bits per heavy atom. The second kappa shape index (κ2) is 8.17. The molecule has 0 atom stereocenters. The van der Waals surface area contributed by atoms with Gasteiger partial charge >= 0.3 is 0 Å². The summed E-state index contributed by atoms with van der Waals surface area (Å²) in [5.74, 6) is 0.872. The van der Waals surface area contributed by atoms with Crippen LogP contribution in [0.25, 0.3) is 0 Å². The number of hydrogen-bond donors (Lipinski definition) is 1. The Kier molecular flexibility index (Phi) is 6.21. The number of aromatic nitrogens is 2. The van der Waals surface area contributed by atoms with Crippen LogP contribution < -0.4 is 10.2 Å². The van der Waals surface area contributed by atoms with Gasteiger partial charge in [-0.3, -0.25) is 0 Å². The Morgan fingerprint density at radius 1 is 1.25 bits per heavy atom. The molecule has 0 saturated carbocycles. The van der Waals surface area contributed by atoms with E-state index >= 15 is 0 Å². The van der Waals surface area contributed by atoms with Crippen molar-refractivity contribution in [1.29, 1.82) is 0 Å². The maximum Gasteiger partial charge on any atom is 0.225 e. The van der Waals surface area contributed by atoms with E-state index in [-0.39, 0.29) is 0 Å². The molecule has 5 nitrogen and oxygen atoms in total. The van der Waals surface area contributed by atoms with Crippen LogP contribution in [0.2, 0.25) is 0 Å². The minimum atomic E-state index is 0.321. The van der Waals surface area contributed by atoms with Crippen LogP contribution in [-0.4, -0.2) is 42.3 Å². The third-order valence-corrected chi connectivity index (χ3v) is 3.36. The molecule has 0 spiro atoms. The van der Waals surface area contributed by atoms with Crippen molar-refractivity contribution in [2.24, 2.45) is 0 Å². The molecule has 0 aliphatic carbocycles. The summed E-state index contributed by atoms with van der Waals surface area (Å²) in [4.78, 5) is 11.1. The normalized spacial score (nSPS) is 15.2. The second-order valence-electron chi connectivity index (χ2n) is 5.54. The SMILES string of the molecule is CC(C)OCCCNCc1cnc(N2CCCC2)nc1. The van der Waals surface area contributed by atoms with Crippen LogP contribution >= 0.6 is 0 Å². The van der Waals surface area contributed by atoms with Gasteiger partial charge in [0, 0.05) is 44.2 Å². The number of rotatable bonds is 8. The van der Waals surface area contributed by atoms with Gasteiger partial charge in [0.15, 0.2) is 0 Å². The van der Waals surface area contributed by atoms with Crippen LogP contribution in [0.3, 0.4) is 0 Å². The number of nitrogens with one attached hydrogen (secondary N) is 1. The van der Waals surface area contributed by atoms with Gasteiger partial charge in [0.2, 0.25) is 5.95 Å². The van der Waals surface area contributed by atoms with Crippen molar-refractivity contribution in [2.45, 2.75) is 45.8 Å². The lowest BCUT2D eigenvalue weighted by molar-refractivity contribution is 0.0770. The predicted molar refractivity (Wildman–Crippen MR) is 80.9 cm³/mol.